The third-order valence-corrected chi connectivity index (χ3v) is 2.92. The minimum absolute atomic E-state index is 0.0295. The van der Waals surface area contributed by atoms with Gasteiger partial charge in [0.1, 0.15) is 6.54 Å². The molecule has 5 heteroatoms. The number of hydrogen-bond acceptors (Lipinski definition) is 2. The number of nitrogens with one attached hydrogen (secondary N) is 1. The lowest BCUT2D eigenvalue weighted by atomic mass is 10.1. The topological polar surface area (TPSA) is 49.4 Å². The Labute approximate surface area is 105 Å². The van der Waals surface area contributed by atoms with Gasteiger partial charge in [0.25, 0.3) is 5.91 Å². The molecule has 90 valence electrons. The number of fused-ring (bicyclic) bond motifs is 1. The van der Waals surface area contributed by atoms with Crippen LogP contribution in [0.15, 0.2) is 18.2 Å². The largest absolute Gasteiger partial charge is 0.327 e. The van der Waals surface area contributed by atoms with Crippen LogP contribution in [0.5, 0.6) is 0 Å². The molecule has 17 heavy (non-hydrogen) atoms. The zero-order valence-corrected chi connectivity index (χ0v) is 10.4. The van der Waals surface area contributed by atoms with Crippen LogP contribution in [0, 0.1) is 0 Å². The van der Waals surface area contributed by atoms with Gasteiger partial charge >= 0.3 is 0 Å². The van der Waals surface area contributed by atoms with Crippen molar-refractivity contribution in [3.63, 3.8) is 0 Å². The van der Waals surface area contributed by atoms with Crippen molar-refractivity contribution >= 4 is 29.1 Å². The zero-order chi connectivity index (χ0) is 12.6. The predicted octanol–water partition coefficient (Wildman–Crippen LogP) is 2.14. The average Bonchev–Trinajstić information content (AvgIpc) is 2.38. The summed E-state index contributed by atoms with van der Waals surface area (Å²) >= 11 is 5.88. The summed E-state index contributed by atoms with van der Waals surface area (Å²) in [5.41, 5.74) is 0.963. The van der Waals surface area contributed by atoms with Crippen molar-refractivity contribution in [1.29, 1.82) is 0 Å². The predicted molar refractivity (Wildman–Crippen MR) is 66.3 cm³/mol. The van der Waals surface area contributed by atoms with E-state index in [0.29, 0.717) is 16.3 Å². The van der Waals surface area contributed by atoms with Crippen molar-refractivity contribution in [2.75, 3.05) is 11.9 Å². The third kappa shape index (κ3) is 2.26. The van der Waals surface area contributed by atoms with Gasteiger partial charge in [-0.15, -0.1) is 0 Å². The van der Waals surface area contributed by atoms with Gasteiger partial charge in [-0.25, -0.2) is 0 Å². The highest BCUT2D eigenvalue weighted by molar-refractivity contribution is 6.31. The molecule has 1 aromatic rings. The van der Waals surface area contributed by atoms with Crippen molar-refractivity contribution in [3.05, 3.63) is 28.8 Å². The molecular formula is C12H13ClN2O2. The fourth-order valence-electron chi connectivity index (χ4n) is 1.79. The Morgan fingerprint density at radius 3 is 2.71 bits per heavy atom. The van der Waals surface area contributed by atoms with Crippen LogP contribution in [0.4, 0.5) is 5.69 Å². The van der Waals surface area contributed by atoms with Gasteiger partial charge in [0.05, 0.1) is 11.3 Å². The molecule has 0 radical (unpaired) electrons. The fourth-order valence-corrected chi connectivity index (χ4v) is 1.96. The molecule has 2 rings (SSSR count). The van der Waals surface area contributed by atoms with Crippen LogP contribution in [-0.2, 0) is 4.79 Å². The first-order valence-electron chi connectivity index (χ1n) is 5.39. The highest BCUT2D eigenvalue weighted by Crippen LogP contribution is 2.25. The number of halogens is 1. The van der Waals surface area contributed by atoms with Crippen molar-refractivity contribution in [2.24, 2.45) is 0 Å². The Kier molecular flexibility index (Phi) is 3.07. The monoisotopic (exact) mass is 252 g/mol. The van der Waals surface area contributed by atoms with Crippen molar-refractivity contribution in [2.45, 2.75) is 19.9 Å². The van der Waals surface area contributed by atoms with Gasteiger partial charge in [-0.05, 0) is 32.0 Å². The molecule has 1 aromatic carbocycles. The summed E-state index contributed by atoms with van der Waals surface area (Å²) in [6, 6.07) is 4.86. The Bertz CT molecular complexity index is 485. The van der Waals surface area contributed by atoms with Crippen molar-refractivity contribution in [1.82, 2.24) is 4.90 Å². The summed E-state index contributed by atoms with van der Waals surface area (Å²) in [6.45, 7) is 3.82. The molecule has 1 aliphatic rings. The van der Waals surface area contributed by atoms with E-state index in [1.54, 1.807) is 18.2 Å². The van der Waals surface area contributed by atoms with Gasteiger partial charge in [0, 0.05) is 11.1 Å². The Morgan fingerprint density at radius 2 is 2.06 bits per heavy atom. The number of nitrogens with zero attached hydrogens (tertiary/aromatic N) is 1. The average molecular weight is 253 g/mol. The molecule has 1 aliphatic heterocycles. The number of amides is 2. The lowest BCUT2D eigenvalue weighted by Gasteiger charge is -2.23. The van der Waals surface area contributed by atoms with Gasteiger partial charge in [0.15, 0.2) is 0 Å². The standard InChI is InChI=1S/C12H13ClN2O2/c1-7(2)15-6-11(16)14-10-4-3-8(13)5-9(10)12(15)17/h3-5,7H,6H2,1-2H3,(H,14,16). The van der Waals surface area contributed by atoms with Gasteiger partial charge in [0.2, 0.25) is 5.91 Å². The molecule has 0 unspecified atom stereocenters. The van der Waals surface area contributed by atoms with E-state index in [4.69, 9.17) is 11.6 Å². The van der Waals surface area contributed by atoms with Crippen LogP contribution in [0.25, 0.3) is 0 Å². The first-order valence-corrected chi connectivity index (χ1v) is 5.77. The first-order chi connectivity index (χ1) is 7.99. The minimum Gasteiger partial charge on any atom is -0.327 e. The molecule has 1 N–H and O–H groups in total. The molecule has 4 nitrogen and oxygen atoms in total. The van der Waals surface area contributed by atoms with E-state index in [2.05, 4.69) is 5.32 Å². The summed E-state index contributed by atoms with van der Waals surface area (Å²) in [6.07, 6.45) is 0. The van der Waals surface area contributed by atoms with Crippen LogP contribution in [0.1, 0.15) is 24.2 Å². The van der Waals surface area contributed by atoms with E-state index in [1.165, 1.54) is 4.90 Å². The number of carbonyl (C=O) groups excluding carboxylic acids is 2. The van der Waals surface area contributed by atoms with Gasteiger partial charge < -0.3 is 10.2 Å². The summed E-state index contributed by atoms with van der Waals surface area (Å²) < 4.78 is 0. The van der Waals surface area contributed by atoms with Crippen LogP contribution in [-0.4, -0.2) is 29.3 Å². The van der Waals surface area contributed by atoms with E-state index in [-0.39, 0.29) is 24.4 Å². The summed E-state index contributed by atoms with van der Waals surface area (Å²) in [4.78, 5) is 25.4. The molecule has 0 aliphatic carbocycles. The third-order valence-electron chi connectivity index (χ3n) is 2.68. The SMILES string of the molecule is CC(C)N1CC(=O)Nc2ccc(Cl)cc2C1=O. The number of carbonyl (C=O) groups is 2. The molecule has 2 amide bonds. The Balaban J connectivity index is 2.51. The quantitative estimate of drug-likeness (QED) is 0.833. The molecule has 1 heterocycles. The molecule has 0 fully saturated rings. The number of benzene rings is 1. The van der Waals surface area contributed by atoms with Crippen LogP contribution < -0.4 is 5.32 Å². The van der Waals surface area contributed by atoms with Crippen LogP contribution >= 0.6 is 11.6 Å². The molecule has 0 saturated heterocycles. The van der Waals surface area contributed by atoms with Gasteiger partial charge in [-0.3, -0.25) is 9.59 Å². The van der Waals surface area contributed by atoms with Crippen molar-refractivity contribution in [3.8, 4) is 0 Å². The summed E-state index contributed by atoms with van der Waals surface area (Å²) in [5.74, 6) is -0.357. The molecular weight excluding hydrogens is 240 g/mol. The second-order valence-electron chi connectivity index (χ2n) is 4.26. The summed E-state index contributed by atoms with van der Waals surface area (Å²) in [5, 5.41) is 3.19. The van der Waals surface area contributed by atoms with E-state index < -0.39 is 0 Å². The number of hydrogen-bond donors (Lipinski definition) is 1. The lowest BCUT2D eigenvalue weighted by molar-refractivity contribution is -0.117. The van der Waals surface area contributed by atoms with Crippen LogP contribution in [0.3, 0.4) is 0 Å². The van der Waals surface area contributed by atoms with E-state index >= 15 is 0 Å². The number of rotatable bonds is 1. The fraction of sp³-hybridized carbons (Fsp3) is 0.333. The minimum atomic E-state index is -0.187. The van der Waals surface area contributed by atoms with E-state index in [1.807, 2.05) is 13.8 Å². The molecule has 0 aromatic heterocycles. The highest BCUT2D eigenvalue weighted by Gasteiger charge is 2.27. The molecule has 0 spiro atoms. The van der Waals surface area contributed by atoms with Crippen LogP contribution in [0.2, 0.25) is 5.02 Å². The Hall–Kier alpha value is -1.55. The molecule has 0 saturated carbocycles. The maximum Gasteiger partial charge on any atom is 0.256 e. The van der Waals surface area contributed by atoms with E-state index in [9.17, 15) is 9.59 Å². The van der Waals surface area contributed by atoms with Gasteiger partial charge in [-0.2, -0.15) is 0 Å². The second-order valence-corrected chi connectivity index (χ2v) is 4.70. The summed E-state index contributed by atoms with van der Waals surface area (Å²) in [7, 11) is 0. The zero-order valence-electron chi connectivity index (χ0n) is 9.66. The lowest BCUT2D eigenvalue weighted by Crippen LogP contribution is -2.40. The molecule has 0 atom stereocenters. The second kappa shape index (κ2) is 4.37. The smallest absolute Gasteiger partial charge is 0.256 e. The Morgan fingerprint density at radius 1 is 1.35 bits per heavy atom. The number of anilines is 1. The normalized spacial score (nSPS) is 15.6. The molecule has 0 bridgehead atoms. The van der Waals surface area contributed by atoms with Crippen molar-refractivity contribution < 1.29 is 9.59 Å². The highest BCUT2D eigenvalue weighted by atomic mass is 35.5. The maximum absolute atomic E-state index is 12.3. The first kappa shape index (κ1) is 11.9. The maximum atomic E-state index is 12.3. The van der Waals surface area contributed by atoms with E-state index in [0.717, 1.165) is 0 Å². The van der Waals surface area contributed by atoms with Gasteiger partial charge in [-0.1, -0.05) is 11.6 Å².